The van der Waals surface area contributed by atoms with Crippen molar-refractivity contribution in [3.05, 3.63) is 63.9 Å². The van der Waals surface area contributed by atoms with Gasteiger partial charge < -0.3 is 4.42 Å². The molecule has 2 aromatic rings. The number of amides is 1. The maximum absolute atomic E-state index is 13.0. The number of halogens is 1. The molecule has 0 radical (unpaired) electrons. The minimum atomic E-state index is -3.29. The Morgan fingerprint density at radius 3 is 2.36 bits per heavy atom. The lowest BCUT2D eigenvalue weighted by molar-refractivity contribution is 0.0955. The van der Waals surface area contributed by atoms with Gasteiger partial charge in [-0.1, -0.05) is 26.0 Å². The highest BCUT2D eigenvalue weighted by molar-refractivity contribution is 9.10. The lowest BCUT2D eigenvalue weighted by Crippen LogP contribution is -2.41. The first kappa shape index (κ1) is 17.9. The zero-order chi connectivity index (χ0) is 18.2. The minimum Gasteiger partial charge on any atom is -0.444 e. The summed E-state index contributed by atoms with van der Waals surface area (Å²) in [4.78, 5) is 14.4. The molecule has 1 atom stereocenters. The second-order valence-corrected chi connectivity index (χ2v) is 8.96. The van der Waals surface area contributed by atoms with Gasteiger partial charge >= 0.3 is 0 Å². The Labute approximate surface area is 155 Å². The van der Waals surface area contributed by atoms with E-state index in [2.05, 4.69) is 29.8 Å². The molecule has 0 unspecified atom stereocenters. The smallest absolute Gasteiger partial charge is 0.294 e. The number of anilines is 1. The lowest BCUT2D eigenvalue weighted by Gasteiger charge is -2.27. The van der Waals surface area contributed by atoms with E-state index in [-0.39, 0.29) is 17.4 Å². The molecule has 132 valence electrons. The van der Waals surface area contributed by atoms with Crippen molar-refractivity contribution >= 4 is 37.4 Å². The molecular weight excluding hydrogens is 406 g/mol. The number of hydrogen-bond donors (Lipinski definition) is 0. The van der Waals surface area contributed by atoms with Crippen molar-refractivity contribution in [2.75, 3.05) is 10.7 Å². The van der Waals surface area contributed by atoms with Crippen LogP contribution in [0.15, 0.2) is 57.0 Å². The van der Waals surface area contributed by atoms with Gasteiger partial charge in [-0.15, -0.1) is 0 Å². The van der Waals surface area contributed by atoms with Crippen molar-refractivity contribution in [1.82, 2.24) is 0 Å². The predicted octanol–water partition coefficient (Wildman–Crippen LogP) is 4.12. The second-order valence-electron chi connectivity index (χ2n) is 6.25. The molecule has 0 saturated heterocycles. The van der Waals surface area contributed by atoms with E-state index in [0.717, 1.165) is 5.56 Å². The van der Waals surface area contributed by atoms with Crippen LogP contribution in [0.5, 0.6) is 0 Å². The van der Waals surface area contributed by atoms with Gasteiger partial charge in [0.15, 0.2) is 20.3 Å². The van der Waals surface area contributed by atoms with Crippen LogP contribution >= 0.6 is 15.9 Å². The van der Waals surface area contributed by atoms with E-state index >= 15 is 0 Å². The summed E-state index contributed by atoms with van der Waals surface area (Å²) in [7, 11) is -3.29. The number of hydrogen-bond acceptors (Lipinski definition) is 4. The molecule has 0 bridgehead atoms. The summed E-state index contributed by atoms with van der Waals surface area (Å²) in [5.41, 5.74) is 1.78. The topological polar surface area (TPSA) is 67.6 Å². The van der Waals surface area contributed by atoms with Gasteiger partial charge in [-0.3, -0.25) is 9.69 Å². The Balaban J connectivity index is 2.00. The van der Waals surface area contributed by atoms with Gasteiger partial charge in [-0.05, 0) is 57.8 Å². The maximum Gasteiger partial charge on any atom is 0.294 e. The third-order valence-corrected chi connectivity index (χ3v) is 5.89. The van der Waals surface area contributed by atoms with Gasteiger partial charge in [-0.25, -0.2) is 8.42 Å². The van der Waals surface area contributed by atoms with Gasteiger partial charge in [-0.2, -0.15) is 0 Å². The van der Waals surface area contributed by atoms with Gasteiger partial charge in [0.25, 0.3) is 5.91 Å². The molecule has 1 aliphatic rings. The number of carbonyl (C=O) groups is 1. The van der Waals surface area contributed by atoms with Gasteiger partial charge in [0.05, 0.1) is 11.8 Å². The molecule has 5 nitrogen and oxygen atoms in total. The number of carbonyl (C=O) groups excluding carboxylic acids is 1. The van der Waals surface area contributed by atoms with Crippen LogP contribution in [0, 0.1) is 0 Å². The molecule has 0 N–H and O–H groups in total. The van der Waals surface area contributed by atoms with E-state index < -0.39 is 15.9 Å². The summed E-state index contributed by atoms with van der Waals surface area (Å²) >= 11 is 3.19. The van der Waals surface area contributed by atoms with E-state index in [0.29, 0.717) is 16.3 Å². The van der Waals surface area contributed by atoms with Crippen LogP contribution in [0.1, 0.15) is 35.9 Å². The van der Waals surface area contributed by atoms with E-state index in [1.165, 1.54) is 10.3 Å². The Kier molecular flexibility index (Phi) is 4.88. The van der Waals surface area contributed by atoms with Crippen molar-refractivity contribution < 1.29 is 17.6 Å². The standard InChI is InChI=1S/C18H18BrNO4S/c1-12(2)13-3-5-14(6-4-13)20(15-9-10-25(22,23)11-15)18(21)16-7-8-17(19)24-16/h3-10,12,15H,11H2,1-2H3/t15-/m1/s1. The Bertz CT molecular complexity index is 913. The zero-order valence-corrected chi connectivity index (χ0v) is 16.2. The fourth-order valence-corrected chi connectivity index (χ4v) is 4.32. The summed E-state index contributed by atoms with van der Waals surface area (Å²) in [5, 5.41) is 1.17. The number of benzene rings is 1. The highest BCUT2D eigenvalue weighted by Crippen LogP contribution is 2.28. The molecule has 3 rings (SSSR count). The van der Waals surface area contributed by atoms with Gasteiger partial charge in [0.2, 0.25) is 0 Å². The first-order valence-corrected chi connectivity index (χ1v) is 10.4. The van der Waals surface area contributed by atoms with Crippen LogP contribution in [0.3, 0.4) is 0 Å². The van der Waals surface area contributed by atoms with E-state index in [1.807, 2.05) is 24.3 Å². The third-order valence-electron chi connectivity index (χ3n) is 4.08. The van der Waals surface area contributed by atoms with Crippen molar-refractivity contribution in [1.29, 1.82) is 0 Å². The van der Waals surface area contributed by atoms with Gasteiger partial charge in [0, 0.05) is 11.1 Å². The Hall–Kier alpha value is -1.86. The second kappa shape index (κ2) is 6.80. The quantitative estimate of drug-likeness (QED) is 0.741. The van der Waals surface area contributed by atoms with Crippen LogP contribution in [0.2, 0.25) is 0 Å². The van der Waals surface area contributed by atoms with Crippen LogP contribution in [0.25, 0.3) is 0 Å². The number of rotatable bonds is 4. The van der Waals surface area contributed by atoms with Gasteiger partial charge in [0.1, 0.15) is 0 Å². The largest absolute Gasteiger partial charge is 0.444 e. The van der Waals surface area contributed by atoms with Crippen LogP contribution in [-0.2, 0) is 9.84 Å². The summed E-state index contributed by atoms with van der Waals surface area (Å²) in [6.07, 6.45) is 1.54. The summed E-state index contributed by atoms with van der Waals surface area (Å²) in [6.45, 7) is 4.18. The molecule has 2 heterocycles. The van der Waals surface area contributed by atoms with Crippen LogP contribution in [0.4, 0.5) is 5.69 Å². The zero-order valence-electron chi connectivity index (χ0n) is 13.8. The third kappa shape index (κ3) is 3.88. The molecule has 0 saturated carbocycles. The number of sulfone groups is 1. The number of furan rings is 1. The molecule has 0 fully saturated rings. The molecule has 0 spiro atoms. The van der Waals surface area contributed by atoms with E-state index in [4.69, 9.17) is 4.42 Å². The average molecular weight is 424 g/mol. The Morgan fingerprint density at radius 1 is 1.20 bits per heavy atom. The normalized spacial score (nSPS) is 18.6. The fourth-order valence-electron chi connectivity index (χ4n) is 2.75. The molecule has 1 aromatic heterocycles. The molecule has 7 heteroatoms. The van der Waals surface area contributed by atoms with Crippen molar-refractivity contribution in [2.45, 2.75) is 25.8 Å². The monoisotopic (exact) mass is 423 g/mol. The SMILES string of the molecule is CC(C)c1ccc(N(C(=O)c2ccc(Br)o2)[C@@H]2C=CS(=O)(=O)C2)cc1. The Morgan fingerprint density at radius 2 is 1.88 bits per heavy atom. The molecule has 1 aromatic carbocycles. The molecule has 0 aliphatic carbocycles. The minimum absolute atomic E-state index is 0.132. The molecular formula is C18H18BrNO4S. The van der Waals surface area contributed by atoms with Crippen molar-refractivity contribution in [2.24, 2.45) is 0 Å². The molecule has 1 aliphatic heterocycles. The first-order chi connectivity index (χ1) is 11.8. The van der Waals surface area contributed by atoms with Crippen LogP contribution < -0.4 is 4.90 Å². The van der Waals surface area contributed by atoms with Crippen molar-refractivity contribution in [3.8, 4) is 0 Å². The molecule has 25 heavy (non-hydrogen) atoms. The highest BCUT2D eigenvalue weighted by atomic mass is 79.9. The van der Waals surface area contributed by atoms with Crippen molar-refractivity contribution in [3.63, 3.8) is 0 Å². The highest BCUT2D eigenvalue weighted by Gasteiger charge is 2.33. The summed E-state index contributed by atoms with van der Waals surface area (Å²) in [6, 6.07) is 10.2. The first-order valence-electron chi connectivity index (χ1n) is 7.86. The fraction of sp³-hybridized carbons (Fsp3) is 0.278. The van der Waals surface area contributed by atoms with E-state index in [9.17, 15) is 13.2 Å². The van der Waals surface area contributed by atoms with Crippen LogP contribution in [-0.4, -0.2) is 26.1 Å². The molecule has 1 amide bonds. The predicted molar refractivity (Wildman–Crippen MR) is 100 cm³/mol. The summed E-state index contributed by atoms with van der Waals surface area (Å²) in [5.74, 6) is 0.00487. The summed E-state index contributed by atoms with van der Waals surface area (Å²) < 4.78 is 29.5. The maximum atomic E-state index is 13.0. The number of nitrogens with zero attached hydrogens (tertiary/aromatic N) is 1. The lowest BCUT2D eigenvalue weighted by atomic mass is 10.0. The average Bonchev–Trinajstić information content (AvgIpc) is 3.14. The van der Waals surface area contributed by atoms with E-state index in [1.54, 1.807) is 18.2 Å².